The largest absolute Gasteiger partial charge is 0.489 e. The molecule has 0 aromatic heterocycles. The lowest BCUT2D eigenvalue weighted by Crippen LogP contribution is -2.38. The molecule has 0 radical (unpaired) electrons. The third kappa shape index (κ3) is 6.48. The van der Waals surface area contributed by atoms with E-state index in [9.17, 15) is 4.79 Å². The molecule has 1 amide bonds. The van der Waals surface area contributed by atoms with Gasteiger partial charge in [-0.05, 0) is 32.9 Å². The number of nitrogens with one attached hydrogen (secondary N) is 1. The van der Waals surface area contributed by atoms with Crippen LogP contribution in [0.15, 0.2) is 18.2 Å². The van der Waals surface area contributed by atoms with E-state index >= 15 is 0 Å². The Kier molecular flexibility index (Phi) is 7.50. The molecule has 0 spiro atoms. The van der Waals surface area contributed by atoms with Crippen molar-refractivity contribution in [1.29, 1.82) is 0 Å². The summed E-state index contributed by atoms with van der Waals surface area (Å²) in [7, 11) is 0. The number of nitrogens with zero attached hydrogens (tertiary/aromatic N) is 2. The van der Waals surface area contributed by atoms with E-state index in [1.165, 1.54) is 11.1 Å². The van der Waals surface area contributed by atoms with E-state index in [-0.39, 0.29) is 12.0 Å². The zero-order valence-electron chi connectivity index (χ0n) is 16.7. The third-order valence-corrected chi connectivity index (χ3v) is 5.19. The summed E-state index contributed by atoms with van der Waals surface area (Å²) in [6.07, 6.45) is 1.66. The van der Waals surface area contributed by atoms with E-state index in [4.69, 9.17) is 9.47 Å². The highest BCUT2D eigenvalue weighted by molar-refractivity contribution is 5.76. The van der Waals surface area contributed by atoms with Gasteiger partial charge in [-0.3, -0.25) is 14.6 Å². The van der Waals surface area contributed by atoms with Crippen LogP contribution in [0.5, 0.6) is 5.75 Å². The molecular formula is C21H33N3O3. The summed E-state index contributed by atoms with van der Waals surface area (Å²) in [5, 5.41) is 3.06. The van der Waals surface area contributed by atoms with Crippen LogP contribution in [0.4, 0.5) is 0 Å². The Morgan fingerprint density at radius 1 is 1.22 bits per heavy atom. The highest BCUT2D eigenvalue weighted by Gasteiger charge is 2.20. The van der Waals surface area contributed by atoms with E-state index in [1.807, 2.05) is 0 Å². The van der Waals surface area contributed by atoms with Gasteiger partial charge in [0, 0.05) is 51.3 Å². The second kappa shape index (κ2) is 10.1. The van der Waals surface area contributed by atoms with Crippen molar-refractivity contribution in [1.82, 2.24) is 15.1 Å². The Morgan fingerprint density at radius 3 is 2.85 bits per heavy atom. The average Bonchev–Trinajstić information content (AvgIpc) is 2.81. The number of rotatable bonds is 7. The fraction of sp³-hybridized carbons (Fsp3) is 0.667. The van der Waals surface area contributed by atoms with E-state index in [1.54, 1.807) is 0 Å². The molecular weight excluding hydrogens is 342 g/mol. The van der Waals surface area contributed by atoms with Gasteiger partial charge in [0.2, 0.25) is 5.91 Å². The summed E-state index contributed by atoms with van der Waals surface area (Å²) in [5.41, 5.74) is 2.45. The summed E-state index contributed by atoms with van der Waals surface area (Å²) in [6.45, 7) is 12.1. The van der Waals surface area contributed by atoms with Gasteiger partial charge >= 0.3 is 0 Å². The lowest BCUT2D eigenvalue weighted by atomic mass is 10.1. The molecule has 1 fully saturated rings. The van der Waals surface area contributed by atoms with Crippen LogP contribution >= 0.6 is 0 Å². The smallest absolute Gasteiger partial charge is 0.221 e. The Bertz CT molecular complexity index is 617. The SMILES string of the molecule is Cc1ccc2c(c1)CN(CCC(=O)NCCCN1CCOCC1)CC(C)O2. The number of hydrogen-bond acceptors (Lipinski definition) is 5. The zero-order chi connectivity index (χ0) is 19.1. The molecule has 6 nitrogen and oxygen atoms in total. The molecule has 27 heavy (non-hydrogen) atoms. The van der Waals surface area contributed by atoms with Crippen LogP contribution in [-0.2, 0) is 16.1 Å². The van der Waals surface area contributed by atoms with Crippen LogP contribution in [0.3, 0.4) is 0 Å². The Hall–Kier alpha value is -1.63. The molecule has 2 heterocycles. The molecule has 0 bridgehead atoms. The number of ether oxygens (including phenoxy) is 2. The molecule has 1 N–H and O–H groups in total. The predicted octanol–water partition coefficient (Wildman–Crippen LogP) is 1.81. The summed E-state index contributed by atoms with van der Waals surface area (Å²) in [4.78, 5) is 16.9. The average molecular weight is 376 g/mol. The fourth-order valence-electron chi connectivity index (χ4n) is 3.74. The number of aryl methyl sites for hydroxylation is 1. The molecule has 0 saturated carbocycles. The van der Waals surface area contributed by atoms with Crippen molar-refractivity contribution >= 4 is 5.91 Å². The lowest BCUT2D eigenvalue weighted by molar-refractivity contribution is -0.121. The third-order valence-electron chi connectivity index (χ3n) is 5.19. The van der Waals surface area contributed by atoms with Crippen LogP contribution in [-0.4, -0.2) is 74.3 Å². The van der Waals surface area contributed by atoms with Crippen molar-refractivity contribution in [2.75, 3.05) is 52.5 Å². The highest BCUT2D eigenvalue weighted by atomic mass is 16.5. The Morgan fingerprint density at radius 2 is 2.04 bits per heavy atom. The lowest BCUT2D eigenvalue weighted by Gasteiger charge is -2.26. The molecule has 1 aromatic rings. The summed E-state index contributed by atoms with van der Waals surface area (Å²) in [5.74, 6) is 1.11. The maximum atomic E-state index is 12.2. The molecule has 2 aliphatic rings. The van der Waals surface area contributed by atoms with Crippen molar-refractivity contribution < 1.29 is 14.3 Å². The number of amides is 1. The van der Waals surface area contributed by atoms with Gasteiger partial charge in [-0.2, -0.15) is 0 Å². The Balaban J connectivity index is 1.37. The first kappa shape index (κ1) is 20.1. The number of carbonyl (C=O) groups is 1. The van der Waals surface area contributed by atoms with Crippen molar-refractivity contribution in [2.24, 2.45) is 0 Å². The fourth-order valence-corrected chi connectivity index (χ4v) is 3.74. The van der Waals surface area contributed by atoms with Crippen LogP contribution in [0.2, 0.25) is 0 Å². The molecule has 1 aromatic carbocycles. The first-order chi connectivity index (χ1) is 13.1. The molecule has 0 aliphatic carbocycles. The maximum absolute atomic E-state index is 12.2. The topological polar surface area (TPSA) is 54.0 Å². The molecule has 1 saturated heterocycles. The number of carbonyl (C=O) groups excluding carboxylic acids is 1. The monoisotopic (exact) mass is 375 g/mol. The van der Waals surface area contributed by atoms with Crippen molar-refractivity contribution in [2.45, 2.75) is 39.3 Å². The second-order valence-corrected chi connectivity index (χ2v) is 7.68. The van der Waals surface area contributed by atoms with Crippen LogP contribution in [0.1, 0.15) is 30.9 Å². The number of hydrogen-bond donors (Lipinski definition) is 1. The van der Waals surface area contributed by atoms with Crippen molar-refractivity contribution in [3.05, 3.63) is 29.3 Å². The summed E-state index contributed by atoms with van der Waals surface area (Å²) < 4.78 is 11.4. The van der Waals surface area contributed by atoms with Gasteiger partial charge < -0.3 is 14.8 Å². The van der Waals surface area contributed by atoms with Gasteiger partial charge in [0.25, 0.3) is 0 Å². The van der Waals surface area contributed by atoms with E-state index < -0.39 is 0 Å². The van der Waals surface area contributed by atoms with Crippen molar-refractivity contribution in [3.8, 4) is 5.75 Å². The van der Waals surface area contributed by atoms with Crippen LogP contribution < -0.4 is 10.1 Å². The predicted molar refractivity (Wildman–Crippen MR) is 106 cm³/mol. The van der Waals surface area contributed by atoms with Gasteiger partial charge in [-0.1, -0.05) is 17.7 Å². The number of fused-ring (bicyclic) bond motifs is 1. The van der Waals surface area contributed by atoms with Gasteiger partial charge in [-0.15, -0.1) is 0 Å². The van der Waals surface area contributed by atoms with E-state index in [0.29, 0.717) is 6.42 Å². The van der Waals surface area contributed by atoms with E-state index in [0.717, 1.165) is 71.2 Å². The number of morpholine rings is 1. The zero-order valence-corrected chi connectivity index (χ0v) is 16.7. The van der Waals surface area contributed by atoms with Gasteiger partial charge in [0.1, 0.15) is 11.9 Å². The van der Waals surface area contributed by atoms with Crippen molar-refractivity contribution in [3.63, 3.8) is 0 Å². The normalized spacial score (nSPS) is 21.2. The first-order valence-corrected chi connectivity index (χ1v) is 10.2. The van der Waals surface area contributed by atoms with E-state index in [2.05, 4.69) is 47.2 Å². The molecule has 2 aliphatic heterocycles. The number of benzene rings is 1. The minimum Gasteiger partial charge on any atom is -0.489 e. The van der Waals surface area contributed by atoms with Gasteiger partial charge in [-0.25, -0.2) is 0 Å². The first-order valence-electron chi connectivity index (χ1n) is 10.2. The summed E-state index contributed by atoms with van der Waals surface area (Å²) >= 11 is 0. The van der Waals surface area contributed by atoms with Gasteiger partial charge in [0.05, 0.1) is 13.2 Å². The van der Waals surface area contributed by atoms with Crippen LogP contribution in [0.25, 0.3) is 0 Å². The van der Waals surface area contributed by atoms with Gasteiger partial charge in [0.15, 0.2) is 0 Å². The minimum atomic E-state index is 0.130. The standard InChI is InChI=1S/C21H33N3O3/c1-17-4-5-20-19(14-17)16-24(15-18(2)27-20)9-6-21(25)22-7-3-8-23-10-12-26-13-11-23/h4-5,14,18H,3,6-13,15-16H2,1-2H3,(H,22,25). The molecule has 150 valence electrons. The molecule has 1 unspecified atom stereocenters. The van der Waals surface area contributed by atoms with Crippen LogP contribution in [0, 0.1) is 6.92 Å². The molecule has 1 atom stereocenters. The second-order valence-electron chi connectivity index (χ2n) is 7.68. The molecule has 3 rings (SSSR count). The molecule has 6 heteroatoms. The maximum Gasteiger partial charge on any atom is 0.221 e. The Labute approximate surface area is 162 Å². The quantitative estimate of drug-likeness (QED) is 0.737. The highest BCUT2D eigenvalue weighted by Crippen LogP contribution is 2.26. The minimum absolute atomic E-state index is 0.130. The summed E-state index contributed by atoms with van der Waals surface area (Å²) in [6, 6.07) is 6.34.